The Balaban J connectivity index is 1.62. The number of hydrogen-bond donors (Lipinski definition) is 2. The molecular formula is C18H17ClN6O2. The molecule has 0 spiro atoms. The van der Waals surface area contributed by atoms with Crippen molar-refractivity contribution in [1.82, 2.24) is 25.5 Å². The first-order chi connectivity index (χ1) is 13.0. The number of amides is 2. The summed E-state index contributed by atoms with van der Waals surface area (Å²) in [5, 5.41) is 17.8. The fourth-order valence-corrected chi connectivity index (χ4v) is 2.58. The zero-order valence-corrected chi connectivity index (χ0v) is 15.3. The van der Waals surface area contributed by atoms with Crippen molar-refractivity contribution >= 4 is 29.1 Å². The first kappa shape index (κ1) is 18.5. The van der Waals surface area contributed by atoms with E-state index in [9.17, 15) is 9.59 Å². The van der Waals surface area contributed by atoms with Crippen LogP contribution in [-0.2, 0) is 22.7 Å². The number of tetrazole rings is 1. The van der Waals surface area contributed by atoms with Crippen molar-refractivity contribution in [3.8, 4) is 11.4 Å². The van der Waals surface area contributed by atoms with Crippen molar-refractivity contribution in [2.75, 3.05) is 5.32 Å². The maximum atomic E-state index is 12.0. The lowest BCUT2D eigenvalue weighted by Gasteiger charge is -2.05. The third-order valence-corrected chi connectivity index (χ3v) is 3.92. The Morgan fingerprint density at radius 1 is 1.15 bits per heavy atom. The summed E-state index contributed by atoms with van der Waals surface area (Å²) in [7, 11) is 0. The number of benzene rings is 2. The second kappa shape index (κ2) is 8.41. The SMILES string of the molecule is CC(=O)Nc1ccc(-c2nnn(CC(=O)NCc3ccccc3)n2)cc1Cl. The van der Waals surface area contributed by atoms with Crippen LogP contribution in [0.5, 0.6) is 0 Å². The molecule has 1 heterocycles. The summed E-state index contributed by atoms with van der Waals surface area (Å²) in [6, 6.07) is 14.6. The first-order valence-electron chi connectivity index (χ1n) is 8.17. The van der Waals surface area contributed by atoms with Crippen molar-refractivity contribution in [3.05, 3.63) is 59.1 Å². The van der Waals surface area contributed by atoms with Crippen molar-refractivity contribution in [2.24, 2.45) is 0 Å². The number of halogens is 1. The highest BCUT2D eigenvalue weighted by Gasteiger charge is 2.11. The molecule has 0 aliphatic carbocycles. The van der Waals surface area contributed by atoms with Crippen molar-refractivity contribution in [2.45, 2.75) is 20.0 Å². The van der Waals surface area contributed by atoms with Gasteiger partial charge in [-0.2, -0.15) is 4.80 Å². The maximum absolute atomic E-state index is 12.0. The third-order valence-electron chi connectivity index (χ3n) is 3.61. The molecule has 0 saturated heterocycles. The van der Waals surface area contributed by atoms with E-state index in [-0.39, 0.29) is 18.4 Å². The number of nitrogens with zero attached hydrogens (tertiary/aromatic N) is 4. The number of hydrogen-bond acceptors (Lipinski definition) is 5. The first-order valence-corrected chi connectivity index (χ1v) is 8.55. The minimum absolute atomic E-state index is 0.0441. The van der Waals surface area contributed by atoms with Gasteiger partial charge in [-0.1, -0.05) is 41.9 Å². The highest BCUT2D eigenvalue weighted by molar-refractivity contribution is 6.34. The minimum atomic E-state index is -0.221. The Morgan fingerprint density at radius 2 is 1.93 bits per heavy atom. The second-order valence-corrected chi connectivity index (χ2v) is 6.19. The van der Waals surface area contributed by atoms with Crippen LogP contribution in [0.1, 0.15) is 12.5 Å². The van der Waals surface area contributed by atoms with Crippen molar-refractivity contribution in [1.29, 1.82) is 0 Å². The molecule has 0 radical (unpaired) electrons. The fourth-order valence-electron chi connectivity index (χ4n) is 2.35. The van der Waals surface area contributed by atoms with Gasteiger partial charge < -0.3 is 10.6 Å². The highest BCUT2D eigenvalue weighted by atomic mass is 35.5. The predicted octanol–water partition coefficient (Wildman–Crippen LogP) is 2.27. The van der Waals surface area contributed by atoms with E-state index in [4.69, 9.17) is 11.6 Å². The van der Waals surface area contributed by atoms with E-state index in [2.05, 4.69) is 26.0 Å². The highest BCUT2D eigenvalue weighted by Crippen LogP contribution is 2.26. The zero-order valence-electron chi connectivity index (χ0n) is 14.5. The van der Waals surface area contributed by atoms with Crippen LogP contribution >= 0.6 is 11.6 Å². The van der Waals surface area contributed by atoms with Gasteiger partial charge in [-0.05, 0) is 29.0 Å². The van der Waals surface area contributed by atoms with Gasteiger partial charge in [0.25, 0.3) is 0 Å². The molecule has 0 unspecified atom stereocenters. The summed E-state index contributed by atoms with van der Waals surface area (Å²) in [5.41, 5.74) is 2.14. The van der Waals surface area contributed by atoms with E-state index < -0.39 is 0 Å². The lowest BCUT2D eigenvalue weighted by Crippen LogP contribution is -2.28. The van der Waals surface area contributed by atoms with E-state index in [1.54, 1.807) is 18.2 Å². The second-order valence-electron chi connectivity index (χ2n) is 5.78. The average Bonchev–Trinajstić information content (AvgIpc) is 3.10. The lowest BCUT2D eigenvalue weighted by molar-refractivity contribution is -0.122. The summed E-state index contributed by atoms with van der Waals surface area (Å²) in [5.74, 6) is -0.0980. The lowest BCUT2D eigenvalue weighted by atomic mass is 10.2. The van der Waals surface area contributed by atoms with Crippen LogP contribution in [0.25, 0.3) is 11.4 Å². The summed E-state index contributed by atoms with van der Waals surface area (Å²) in [6.45, 7) is 1.79. The zero-order chi connectivity index (χ0) is 19.2. The van der Waals surface area contributed by atoms with E-state index in [0.717, 1.165) is 5.56 Å². The Hall–Kier alpha value is -3.26. The van der Waals surface area contributed by atoms with E-state index in [1.165, 1.54) is 11.7 Å². The summed E-state index contributed by atoms with van der Waals surface area (Å²) >= 11 is 6.15. The van der Waals surface area contributed by atoms with Gasteiger partial charge in [-0.15, -0.1) is 10.2 Å². The molecule has 9 heteroatoms. The summed E-state index contributed by atoms with van der Waals surface area (Å²) < 4.78 is 0. The Labute approximate surface area is 160 Å². The van der Waals surface area contributed by atoms with Gasteiger partial charge in [0.2, 0.25) is 17.6 Å². The van der Waals surface area contributed by atoms with Crippen LogP contribution in [0.2, 0.25) is 5.02 Å². The minimum Gasteiger partial charge on any atom is -0.350 e. The molecule has 27 heavy (non-hydrogen) atoms. The smallest absolute Gasteiger partial charge is 0.243 e. The molecular weight excluding hydrogens is 368 g/mol. The molecule has 2 aromatic carbocycles. The number of anilines is 1. The summed E-state index contributed by atoms with van der Waals surface area (Å²) in [4.78, 5) is 24.4. The molecule has 0 atom stereocenters. The van der Waals surface area contributed by atoms with Gasteiger partial charge in [0, 0.05) is 19.0 Å². The Bertz CT molecular complexity index is 957. The van der Waals surface area contributed by atoms with Crippen LogP contribution in [0, 0.1) is 0 Å². The van der Waals surface area contributed by atoms with Gasteiger partial charge in [-0.3, -0.25) is 9.59 Å². The monoisotopic (exact) mass is 384 g/mol. The largest absolute Gasteiger partial charge is 0.350 e. The van der Waals surface area contributed by atoms with Crippen LogP contribution in [-0.4, -0.2) is 32.0 Å². The molecule has 0 bridgehead atoms. The van der Waals surface area contributed by atoms with Gasteiger partial charge >= 0.3 is 0 Å². The van der Waals surface area contributed by atoms with Crippen LogP contribution in [0.4, 0.5) is 5.69 Å². The fraction of sp³-hybridized carbons (Fsp3) is 0.167. The predicted molar refractivity (Wildman–Crippen MR) is 101 cm³/mol. The topological polar surface area (TPSA) is 102 Å². The number of nitrogens with one attached hydrogen (secondary N) is 2. The molecule has 3 rings (SSSR count). The molecule has 2 N–H and O–H groups in total. The molecule has 0 aliphatic rings. The van der Waals surface area contributed by atoms with Crippen molar-refractivity contribution < 1.29 is 9.59 Å². The van der Waals surface area contributed by atoms with Gasteiger partial charge in [-0.25, -0.2) is 0 Å². The molecule has 0 saturated carbocycles. The third kappa shape index (κ3) is 5.11. The maximum Gasteiger partial charge on any atom is 0.243 e. The van der Waals surface area contributed by atoms with Crippen molar-refractivity contribution in [3.63, 3.8) is 0 Å². The molecule has 1 aromatic heterocycles. The summed E-state index contributed by atoms with van der Waals surface area (Å²) in [6.07, 6.45) is 0. The number of carbonyl (C=O) groups is 2. The number of aromatic nitrogens is 4. The van der Waals surface area contributed by atoms with E-state index in [0.29, 0.717) is 28.6 Å². The van der Waals surface area contributed by atoms with Crippen LogP contribution < -0.4 is 10.6 Å². The molecule has 3 aromatic rings. The average molecular weight is 385 g/mol. The standard InChI is InChI=1S/C18H17ClN6O2/c1-12(26)21-16-8-7-14(9-15(16)19)18-22-24-25(23-18)11-17(27)20-10-13-5-3-2-4-6-13/h2-9H,10-11H2,1H3,(H,20,27)(H,21,26). The van der Waals surface area contributed by atoms with Gasteiger partial charge in [0.15, 0.2) is 0 Å². The molecule has 2 amide bonds. The van der Waals surface area contributed by atoms with Gasteiger partial charge in [0.05, 0.1) is 10.7 Å². The number of rotatable bonds is 6. The van der Waals surface area contributed by atoms with Gasteiger partial charge in [0.1, 0.15) is 6.54 Å². The quantitative estimate of drug-likeness (QED) is 0.678. The van der Waals surface area contributed by atoms with Crippen LogP contribution in [0.3, 0.4) is 0 Å². The van der Waals surface area contributed by atoms with E-state index >= 15 is 0 Å². The Kier molecular flexibility index (Phi) is 5.77. The number of carbonyl (C=O) groups excluding carboxylic acids is 2. The Morgan fingerprint density at radius 3 is 2.63 bits per heavy atom. The molecule has 0 fully saturated rings. The molecule has 0 aliphatic heterocycles. The molecule has 8 nitrogen and oxygen atoms in total. The normalized spacial score (nSPS) is 10.4. The van der Waals surface area contributed by atoms with E-state index in [1.807, 2.05) is 30.3 Å². The molecule has 138 valence electrons. The van der Waals surface area contributed by atoms with Crippen LogP contribution in [0.15, 0.2) is 48.5 Å².